The minimum atomic E-state index is -0.260. The smallest absolute Gasteiger partial charge is 0.312 e. The highest BCUT2D eigenvalue weighted by Crippen LogP contribution is 2.34. The molecular weight excluding hydrogens is 395 g/mol. The predicted octanol–water partition coefficient (Wildman–Crippen LogP) is 5.06. The van der Waals surface area contributed by atoms with Gasteiger partial charge in [-0.1, -0.05) is 46.9 Å². The van der Waals surface area contributed by atoms with Crippen molar-refractivity contribution in [1.29, 1.82) is 0 Å². The topological polar surface area (TPSA) is 32.8 Å². The average molecular weight is 414 g/mol. The van der Waals surface area contributed by atoms with E-state index >= 15 is 0 Å². The molecule has 2 aromatic rings. The predicted molar refractivity (Wildman–Crippen MR) is 106 cm³/mol. The fourth-order valence-corrected chi connectivity index (χ4v) is 3.67. The van der Waals surface area contributed by atoms with Crippen LogP contribution in [-0.4, -0.2) is 30.7 Å². The van der Waals surface area contributed by atoms with E-state index in [4.69, 9.17) is 39.5 Å². The number of anilines is 1. The second kappa shape index (κ2) is 8.49. The van der Waals surface area contributed by atoms with Gasteiger partial charge >= 0.3 is 5.97 Å². The van der Waals surface area contributed by atoms with Crippen molar-refractivity contribution in [3.05, 3.63) is 63.1 Å². The number of esters is 1. The van der Waals surface area contributed by atoms with E-state index < -0.39 is 0 Å². The Bertz CT molecular complexity index is 800. The van der Waals surface area contributed by atoms with E-state index in [1.807, 2.05) is 42.3 Å². The highest BCUT2D eigenvalue weighted by molar-refractivity contribution is 6.35. The van der Waals surface area contributed by atoms with Crippen molar-refractivity contribution in [2.75, 3.05) is 24.7 Å². The van der Waals surface area contributed by atoms with Gasteiger partial charge in [-0.05, 0) is 42.8 Å². The first-order valence-electron chi connectivity index (χ1n) is 8.36. The number of ether oxygens (including phenoxy) is 1. The number of hydrogen-bond donors (Lipinski definition) is 0. The van der Waals surface area contributed by atoms with Crippen molar-refractivity contribution in [2.45, 2.75) is 13.5 Å². The van der Waals surface area contributed by atoms with Crippen LogP contribution in [0.2, 0.25) is 15.1 Å². The Labute approximate surface area is 168 Å². The fourth-order valence-electron chi connectivity index (χ4n) is 3.07. The van der Waals surface area contributed by atoms with Crippen LogP contribution >= 0.6 is 34.8 Å². The average Bonchev–Trinajstić information content (AvgIpc) is 3.01. The molecule has 0 radical (unpaired) electrons. The van der Waals surface area contributed by atoms with E-state index in [0.29, 0.717) is 41.3 Å². The van der Waals surface area contributed by atoms with Gasteiger partial charge in [0.05, 0.1) is 23.2 Å². The summed E-state index contributed by atoms with van der Waals surface area (Å²) < 4.78 is 5.21. The van der Waals surface area contributed by atoms with Crippen LogP contribution in [0.1, 0.15) is 12.5 Å². The molecule has 1 aliphatic rings. The van der Waals surface area contributed by atoms with Gasteiger partial charge in [-0.2, -0.15) is 0 Å². The molecule has 0 spiro atoms. The van der Waals surface area contributed by atoms with E-state index in [2.05, 4.69) is 5.01 Å². The lowest BCUT2D eigenvalue weighted by Crippen LogP contribution is -2.36. The Morgan fingerprint density at radius 2 is 1.88 bits per heavy atom. The first-order chi connectivity index (χ1) is 12.5. The van der Waals surface area contributed by atoms with Crippen LogP contribution < -0.4 is 5.01 Å². The number of rotatable bonds is 5. The maximum atomic E-state index is 12.3. The van der Waals surface area contributed by atoms with Gasteiger partial charge in [0.25, 0.3) is 0 Å². The Kier molecular flexibility index (Phi) is 6.30. The molecule has 1 aliphatic heterocycles. The molecule has 0 saturated carbocycles. The van der Waals surface area contributed by atoms with Crippen LogP contribution in [0.15, 0.2) is 42.5 Å². The minimum Gasteiger partial charge on any atom is -0.466 e. The maximum Gasteiger partial charge on any atom is 0.312 e. The van der Waals surface area contributed by atoms with Crippen LogP contribution in [0, 0.1) is 5.92 Å². The number of carbonyl (C=O) groups is 1. The van der Waals surface area contributed by atoms with E-state index in [1.54, 1.807) is 12.1 Å². The Hall–Kier alpha value is -1.46. The summed E-state index contributed by atoms with van der Waals surface area (Å²) in [6.45, 7) is 3.79. The van der Waals surface area contributed by atoms with Gasteiger partial charge in [0.1, 0.15) is 0 Å². The second-order valence-electron chi connectivity index (χ2n) is 6.10. The molecule has 0 amide bonds. The molecule has 7 heteroatoms. The van der Waals surface area contributed by atoms with Crippen molar-refractivity contribution in [3.8, 4) is 0 Å². The molecule has 1 saturated heterocycles. The molecule has 1 atom stereocenters. The highest BCUT2D eigenvalue weighted by atomic mass is 35.5. The molecular formula is C19H19Cl3N2O2. The summed E-state index contributed by atoms with van der Waals surface area (Å²) in [5.74, 6) is -0.464. The molecule has 2 aromatic carbocycles. The number of nitrogens with zero attached hydrogens (tertiary/aromatic N) is 2. The summed E-state index contributed by atoms with van der Waals surface area (Å²) in [6.07, 6.45) is 0. The third-order valence-corrected chi connectivity index (χ3v) is 5.02. The molecule has 0 aromatic heterocycles. The van der Waals surface area contributed by atoms with Crippen LogP contribution in [0.3, 0.4) is 0 Å². The van der Waals surface area contributed by atoms with Crippen LogP contribution in [0.25, 0.3) is 0 Å². The number of carbonyl (C=O) groups excluding carboxylic acids is 1. The summed E-state index contributed by atoms with van der Waals surface area (Å²) in [5.41, 5.74) is 1.82. The third-order valence-electron chi connectivity index (χ3n) is 4.23. The molecule has 4 nitrogen and oxygen atoms in total. The van der Waals surface area contributed by atoms with E-state index in [-0.39, 0.29) is 11.9 Å². The second-order valence-corrected chi connectivity index (χ2v) is 7.38. The lowest BCUT2D eigenvalue weighted by Gasteiger charge is -2.30. The maximum absolute atomic E-state index is 12.3. The van der Waals surface area contributed by atoms with Crippen LogP contribution in [-0.2, 0) is 16.1 Å². The molecule has 0 bridgehead atoms. The first kappa shape index (κ1) is 19.3. The normalized spacial score (nSPS) is 17.5. The van der Waals surface area contributed by atoms with Crippen molar-refractivity contribution in [3.63, 3.8) is 0 Å². The number of benzene rings is 2. The number of halogens is 3. The zero-order valence-electron chi connectivity index (χ0n) is 14.3. The Morgan fingerprint density at radius 3 is 2.62 bits per heavy atom. The van der Waals surface area contributed by atoms with Gasteiger partial charge in [0, 0.05) is 29.7 Å². The van der Waals surface area contributed by atoms with Gasteiger partial charge in [-0.25, -0.2) is 5.01 Å². The molecule has 0 aliphatic carbocycles. The SMILES string of the molecule is CCOC(=O)C1CN(Cc2cccc(Cl)c2)N(c2cc(Cl)ccc2Cl)C1. The van der Waals surface area contributed by atoms with Crippen molar-refractivity contribution < 1.29 is 9.53 Å². The third kappa shape index (κ3) is 4.44. The molecule has 0 N–H and O–H groups in total. The zero-order valence-corrected chi connectivity index (χ0v) is 16.6. The number of hydrogen-bond acceptors (Lipinski definition) is 4. The molecule has 26 heavy (non-hydrogen) atoms. The highest BCUT2D eigenvalue weighted by Gasteiger charge is 2.36. The Balaban J connectivity index is 1.89. The van der Waals surface area contributed by atoms with Gasteiger partial charge in [0.15, 0.2) is 0 Å². The summed E-state index contributed by atoms with van der Waals surface area (Å²) in [5, 5.41) is 5.92. The molecule has 138 valence electrons. The van der Waals surface area contributed by atoms with E-state index in [1.165, 1.54) is 0 Å². The van der Waals surface area contributed by atoms with Crippen molar-refractivity contribution in [1.82, 2.24) is 5.01 Å². The fraction of sp³-hybridized carbons (Fsp3) is 0.316. The summed E-state index contributed by atoms with van der Waals surface area (Å²) >= 11 is 18.7. The van der Waals surface area contributed by atoms with Crippen LogP contribution in [0.4, 0.5) is 5.69 Å². The van der Waals surface area contributed by atoms with E-state index in [9.17, 15) is 4.79 Å². The first-order valence-corrected chi connectivity index (χ1v) is 9.50. The zero-order chi connectivity index (χ0) is 18.7. The van der Waals surface area contributed by atoms with Crippen LogP contribution in [0.5, 0.6) is 0 Å². The number of hydrazine groups is 1. The molecule has 1 unspecified atom stereocenters. The van der Waals surface area contributed by atoms with Crippen molar-refractivity contribution in [2.24, 2.45) is 5.92 Å². The Morgan fingerprint density at radius 1 is 1.12 bits per heavy atom. The summed E-state index contributed by atoms with van der Waals surface area (Å²) in [7, 11) is 0. The lowest BCUT2D eigenvalue weighted by molar-refractivity contribution is -0.147. The molecule has 3 rings (SSSR count). The monoisotopic (exact) mass is 412 g/mol. The van der Waals surface area contributed by atoms with Crippen molar-refractivity contribution >= 4 is 46.5 Å². The van der Waals surface area contributed by atoms with Gasteiger partial charge in [0.2, 0.25) is 0 Å². The standard InChI is InChI=1S/C19H19Cl3N2O2/c1-2-26-19(25)14-11-23(10-13-4-3-5-15(20)8-13)24(12-14)18-9-16(21)6-7-17(18)22/h3-9,14H,2,10-12H2,1H3. The lowest BCUT2D eigenvalue weighted by atomic mass is 10.1. The van der Waals surface area contributed by atoms with Gasteiger partial charge in [-0.15, -0.1) is 0 Å². The van der Waals surface area contributed by atoms with E-state index in [0.717, 1.165) is 11.3 Å². The van der Waals surface area contributed by atoms with Gasteiger partial charge < -0.3 is 9.75 Å². The quantitative estimate of drug-likeness (QED) is 0.641. The summed E-state index contributed by atoms with van der Waals surface area (Å²) in [4.78, 5) is 12.3. The largest absolute Gasteiger partial charge is 0.466 e. The minimum absolute atomic E-state index is 0.204. The summed E-state index contributed by atoms with van der Waals surface area (Å²) in [6, 6.07) is 13.0. The molecule has 1 heterocycles. The molecule has 1 fully saturated rings. The van der Waals surface area contributed by atoms with Gasteiger partial charge in [-0.3, -0.25) is 4.79 Å².